The van der Waals surface area contributed by atoms with Gasteiger partial charge in [-0.3, -0.25) is 0 Å². The lowest BCUT2D eigenvalue weighted by Crippen LogP contribution is -2.00. The predicted molar refractivity (Wildman–Crippen MR) is 226 cm³/mol. The standard InChI is InChI=1S/C48H40N2O3S/c1-29-25-38(36-23-30(2)27-44(46(36)51)49-40-17-9-5-13-32(40)33-14-6-10-18-41(33)49)48(54-22-21-53-4)39(26-29)37-24-31(3)28-45(47(37)52)50-42-19-11-7-15-34(42)35-16-8-12-20-43(35)50/h5-20,23-28,51-52H,21-22H2,1-4H3. The molecule has 2 N–H and O–H groups in total. The van der Waals surface area contributed by atoms with Gasteiger partial charge in [0.05, 0.1) is 40.0 Å². The van der Waals surface area contributed by atoms with Crippen molar-refractivity contribution in [1.29, 1.82) is 0 Å². The molecule has 0 radical (unpaired) electrons. The molecule has 0 aliphatic rings. The summed E-state index contributed by atoms with van der Waals surface area (Å²) in [6.45, 7) is 6.80. The molecule has 0 atom stereocenters. The van der Waals surface area contributed by atoms with Crippen LogP contribution in [0.5, 0.6) is 11.5 Å². The molecule has 0 amide bonds. The van der Waals surface area contributed by atoms with Crippen molar-refractivity contribution < 1.29 is 14.9 Å². The van der Waals surface area contributed by atoms with Gasteiger partial charge in [-0.2, -0.15) is 0 Å². The zero-order chi connectivity index (χ0) is 37.1. The maximum Gasteiger partial charge on any atom is 0.147 e. The van der Waals surface area contributed by atoms with Crippen molar-refractivity contribution in [3.8, 4) is 45.1 Å². The minimum absolute atomic E-state index is 0.205. The Morgan fingerprint density at radius 3 is 1.19 bits per heavy atom. The minimum Gasteiger partial charge on any atom is -0.505 e. The number of fused-ring (bicyclic) bond motifs is 6. The van der Waals surface area contributed by atoms with Gasteiger partial charge >= 0.3 is 0 Å². The lowest BCUT2D eigenvalue weighted by atomic mass is 9.93. The van der Waals surface area contributed by atoms with Crippen LogP contribution in [-0.4, -0.2) is 38.8 Å². The van der Waals surface area contributed by atoms with Gasteiger partial charge in [0.2, 0.25) is 0 Å². The summed E-state index contributed by atoms with van der Waals surface area (Å²) in [5.41, 5.74) is 12.0. The van der Waals surface area contributed by atoms with Crippen molar-refractivity contribution in [1.82, 2.24) is 9.13 Å². The number of para-hydroxylation sites is 4. The molecule has 54 heavy (non-hydrogen) atoms. The van der Waals surface area contributed by atoms with Gasteiger partial charge in [0.15, 0.2) is 0 Å². The fraction of sp³-hybridized carbons (Fsp3) is 0.125. The number of rotatable bonds is 8. The van der Waals surface area contributed by atoms with E-state index in [1.54, 1.807) is 18.9 Å². The van der Waals surface area contributed by atoms with Gasteiger partial charge in [-0.25, -0.2) is 0 Å². The fourth-order valence-electron chi connectivity index (χ4n) is 8.19. The Hall–Kier alpha value is -5.95. The van der Waals surface area contributed by atoms with Crippen molar-refractivity contribution in [3.05, 3.63) is 150 Å². The largest absolute Gasteiger partial charge is 0.505 e. The van der Waals surface area contributed by atoms with Gasteiger partial charge in [-0.05, 0) is 97.1 Å². The van der Waals surface area contributed by atoms with Gasteiger partial charge in [-0.15, -0.1) is 11.8 Å². The highest BCUT2D eigenvalue weighted by Crippen LogP contribution is 2.49. The third-order valence-electron chi connectivity index (χ3n) is 10.5. The summed E-state index contributed by atoms with van der Waals surface area (Å²) >= 11 is 1.68. The second-order valence-corrected chi connectivity index (χ2v) is 15.2. The van der Waals surface area contributed by atoms with Crippen molar-refractivity contribution in [2.24, 2.45) is 0 Å². The highest BCUT2D eigenvalue weighted by atomic mass is 32.2. The molecule has 9 rings (SSSR count). The summed E-state index contributed by atoms with van der Waals surface area (Å²) in [4.78, 5) is 0.973. The molecule has 0 saturated carbocycles. The molecule has 7 aromatic carbocycles. The molecule has 0 aliphatic carbocycles. The normalized spacial score (nSPS) is 11.8. The molecule has 0 spiro atoms. The number of hydrogen-bond donors (Lipinski definition) is 2. The number of methoxy groups -OCH3 is 1. The van der Waals surface area contributed by atoms with E-state index in [4.69, 9.17) is 4.74 Å². The lowest BCUT2D eigenvalue weighted by molar-refractivity contribution is 0.218. The molecule has 5 nitrogen and oxygen atoms in total. The summed E-state index contributed by atoms with van der Waals surface area (Å²) in [7, 11) is 1.71. The zero-order valence-corrected chi connectivity index (χ0v) is 31.5. The number of aryl methyl sites for hydroxylation is 3. The lowest BCUT2D eigenvalue weighted by Gasteiger charge is -2.21. The SMILES string of the molecule is COCCSc1c(-c2cc(C)cc(-n3c4ccccc4c4ccccc43)c2O)cc(C)cc1-c1cc(C)cc(-n2c3ccccc3c3ccccc32)c1O. The van der Waals surface area contributed by atoms with Crippen LogP contribution < -0.4 is 0 Å². The van der Waals surface area contributed by atoms with Crippen LogP contribution in [-0.2, 0) is 4.74 Å². The van der Waals surface area contributed by atoms with E-state index in [1.165, 1.54) is 0 Å². The Kier molecular flexibility index (Phi) is 8.45. The summed E-state index contributed by atoms with van der Waals surface area (Å²) in [5.74, 6) is 1.10. The number of hydrogen-bond acceptors (Lipinski definition) is 4. The molecule has 6 heteroatoms. The number of aromatic nitrogens is 2. The van der Waals surface area contributed by atoms with Gasteiger partial charge < -0.3 is 24.1 Å². The van der Waals surface area contributed by atoms with Gasteiger partial charge in [0.25, 0.3) is 0 Å². The number of phenolic OH excluding ortho intramolecular Hbond substituents is 2. The smallest absolute Gasteiger partial charge is 0.147 e. The maximum absolute atomic E-state index is 12.5. The second-order valence-electron chi connectivity index (χ2n) is 14.1. The second kappa shape index (κ2) is 13.5. The molecule has 9 aromatic rings. The number of aromatic hydroxyl groups is 2. The molecule has 2 aromatic heterocycles. The van der Waals surface area contributed by atoms with Gasteiger partial charge in [0.1, 0.15) is 11.5 Å². The highest BCUT2D eigenvalue weighted by Gasteiger charge is 2.24. The Morgan fingerprint density at radius 2 is 0.815 bits per heavy atom. The Bertz CT molecular complexity index is 2620. The van der Waals surface area contributed by atoms with Crippen LogP contribution in [0.3, 0.4) is 0 Å². The summed E-state index contributed by atoms with van der Waals surface area (Å²) in [6, 6.07) is 46.0. The Balaban J connectivity index is 1.30. The number of ether oxygens (including phenoxy) is 1. The van der Waals surface area contributed by atoms with E-state index in [9.17, 15) is 10.2 Å². The Labute approximate surface area is 318 Å². The molecule has 0 aliphatic heterocycles. The van der Waals surface area contributed by atoms with Crippen LogP contribution in [0.2, 0.25) is 0 Å². The summed E-state index contributed by atoms with van der Waals surface area (Å²) < 4.78 is 9.89. The topological polar surface area (TPSA) is 59.5 Å². The average Bonchev–Trinajstić information content (AvgIpc) is 3.70. The highest BCUT2D eigenvalue weighted by molar-refractivity contribution is 7.99. The van der Waals surface area contributed by atoms with E-state index < -0.39 is 0 Å². The van der Waals surface area contributed by atoms with Crippen molar-refractivity contribution >= 4 is 55.4 Å². The summed E-state index contributed by atoms with van der Waals surface area (Å²) in [5, 5.41) is 29.5. The summed E-state index contributed by atoms with van der Waals surface area (Å²) in [6.07, 6.45) is 0. The molecule has 266 valence electrons. The molecule has 0 unspecified atom stereocenters. The molecule has 2 heterocycles. The van der Waals surface area contributed by atoms with Crippen LogP contribution in [0.25, 0.3) is 77.2 Å². The maximum atomic E-state index is 12.5. The fourth-order valence-corrected chi connectivity index (χ4v) is 9.29. The number of nitrogens with zero attached hydrogens (tertiary/aromatic N) is 2. The first-order valence-electron chi connectivity index (χ1n) is 18.3. The molecule has 0 fully saturated rings. The quantitative estimate of drug-likeness (QED) is 0.121. The van der Waals surface area contributed by atoms with Crippen molar-refractivity contribution in [2.45, 2.75) is 25.7 Å². The van der Waals surface area contributed by atoms with E-state index in [1.807, 2.05) is 24.3 Å². The average molecular weight is 725 g/mol. The predicted octanol–water partition coefficient (Wildman–Crippen LogP) is 12.3. The van der Waals surface area contributed by atoms with Crippen LogP contribution in [0.1, 0.15) is 16.7 Å². The van der Waals surface area contributed by atoms with Gasteiger partial charge in [0, 0.05) is 50.4 Å². The van der Waals surface area contributed by atoms with Gasteiger partial charge in [-0.1, -0.05) is 84.9 Å². The number of benzene rings is 7. The monoisotopic (exact) mass is 724 g/mol. The van der Waals surface area contributed by atoms with E-state index in [2.05, 4.69) is 139 Å². The van der Waals surface area contributed by atoms with E-state index in [0.29, 0.717) is 12.4 Å². The minimum atomic E-state index is 0.205. The first kappa shape index (κ1) is 33.9. The van der Waals surface area contributed by atoms with E-state index in [0.717, 1.165) is 98.8 Å². The molecule has 0 saturated heterocycles. The first-order chi connectivity index (χ1) is 26.3. The number of phenols is 2. The Morgan fingerprint density at radius 1 is 0.481 bits per heavy atom. The van der Waals surface area contributed by atoms with Crippen molar-refractivity contribution in [3.63, 3.8) is 0 Å². The third-order valence-corrected chi connectivity index (χ3v) is 11.6. The van der Waals surface area contributed by atoms with Crippen LogP contribution in [0, 0.1) is 20.8 Å². The van der Waals surface area contributed by atoms with E-state index in [-0.39, 0.29) is 11.5 Å². The number of thioether (sulfide) groups is 1. The molecule has 0 bridgehead atoms. The van der Waals surface area contributed by atoms with E-state index >= 15 is 0 Å². The molecular formula is C48H40N2O3S. The zero-order valence-electron chi connectivity index (χ0n) is 30.7. The van der Waals surface area contributed by atoms with Crippen LogP contribution >= 0.6 is 11.8 Å². The first-order valence-corrected chi connectivity index (χ1v) is 19.2. The van der Waals surface area contributed by atoms with Crippen LogP contribution in [0.15, 0.2) is 138 Å². The van der Waals surface area contributed by atoms with Crippen molar-refractivity contribution in [2.75, 3.05) is 19.5 Å². The molecular weight excluding hydrogens is 685 g/mol. The third kappa shape index (κ3) is 5.44. The van der Waals surface area contributed by atoms with Crippen LogP contribution in [0.4, 0.5) is 0 Å².